The van der Waals surface area contributed by atoms with Crippen molar-refractivity contribution in [2.75, 3.05) is 6.54 Å². The van der Waals surface area contributed by atoms with Crippen LogP contribution in [-0.2, 0) is 13.0 Å². The van der Waals surface area contributed by atoms with Crippen LogP contribution >= 0.6 is 0 Å². The molecule has 0 saturated heterocycles. The predicted molar refractivity (Wildman–Crippen MR) is 80.1 cm³/mol. The minimum atomic E-state index is 0.0516. The lowest BCUT2D eigenvalue weighted by molar-refractivity contribution is 0.0729. The zero-order valence-electron chi connectivity index (χ0n) is 11.8. The lowest BCUT2D eigenvalue weighted by atomic mass is 10.1. The van der Waals surface area contributed by atoms with Crippen molar-refractivity contribution in [3.8, 4) is 0 Å². The van der Waals surface area contributed by atoms with Gasteiger partial charge in [-0.2, -0.15) is 5.10 Å². The summed E-state index contributed by atoms with van der Waals surface area (Å²) in [5.41, 5.74) is 5.11. The van der Waals surface area contributed by atoms with E-state index >= 15 is 0 Å². The third-order valence-electron chi connectivity index (χ3n) is 4.10. The highest BCUT2D eigenvalue weighted by Crippen LogP contribution is 2.21. The van der Waals surface area contributed by atoms with Crippen LogP contribution in [0.2, 0.25) is 0 Å². The van der Waals surface area contributed by atoms with Gasteiger partial charge in [-0.15, -0.1) is 0 Å². The number of hydrogen-bond acceptors (Lipinski definition) is 2. The predicted octanol–water partition coefficient (Wildman–Crippen LogP) is 2.40. The van der Waals surface area contributed by atoms with Crippen molar-refractivity contribution in [2.24, 2.45) is 0 Å². The number of fused-ring (bicyclic) bond motifs is 2. The molecule has 0 radical (unpaired) electrons. The van der Waals surface area contributed by atoms with E-state index in [1.54, 1.807) is 0 Å². The topological polar surface area (TPSA) is 64.8 Å². The Bertz CT molecular complexity index is 830. The first kappa shape index (κ1) is 12.2. The fourth-order valence-electron chi connectivity index (χ4n) is 2.92. The molecule has 1 aliphatic heterocycles. The molecule has 0 unspecified atom stereocenters. The van der Waals surface area contributed by atoms with Gasteiger partial charge in [-0.05, 0) is 24.6 Å². The Balaban J connectivity index is 1.64. The Morgan fingerprint density at radius 1 is 1.33 bits per heavy atom. The second kappa shape index (κ2) is 4.48. The first-order valence-electron chi connectivity index (χ1n) is 7.10. The summed E-state index contributed by atoms with van der Waals surface area (Å²) in [6.07, 6.45) is 2.64. The number of amides is 1. The van der Waals surface area contributed by atoms with Gasteiger partial charge in [0.05, 0.1) is 6.20 Å². The van der Waals surface area contributed by atoms with Crippen molar-refractivity contribution in [1.29, 1.82) is 0 Å². The molecule has 3 aromatic rings. The molecular formula is C16H16N4O. The molecule has 4 rings (SSSR count). The monoisotopic (exact) mass is 280 g/mol. The number of benzene rings is 1. The summed E-state index contributed by atoms with van der Waals surface area (Å²) in [5.74, 6) is 0.0516. The van der Waals surface area contributed by atoms with Crippen molar-refractivity contribution >= 4 is 16.8 Å². The molecule has 0 fully saturated rings. The number of H-pyrrole nitrogens is 2. The summed E-state index contributed by atoms with van der Waals surface area (Å²) < 4.78 is 0. The van der Waals surface area contributed by atoms with Crippen LogP contribution in [0.25, 0.3) is 10.9 Å². The number of rotatable bonds is 1. The van der Waals surface area contributed by atoms with Gasteiger partial charge < -0.3 is 9.88 Å². The Labute approximate surface area is 122 Å². The lowest BCUT2D eigenvalue weighted by Crippen LogP contribution is -2.35. The maximum atomic E-state index is 12.7. The SMILES string of the molecule is Cc1ccc2cc(C(=O)N3CCc4[nH]ncc4C3)[nH]c2c1. The maximum Gasteiger partial charge on any atom is 0.270 e. The maximum absolute atomic E-state index is 12.7. The zero-order chi connectivity index (χ0) is 14.4. The number of aromatic amines is 2. The summed E-state index contributed by atoms with van der Waals surface area (Å²) in [6.45, 7) is 3.40. The normalized spacial score (nSPS) is 14.4. The number of aromatic nitrogens is 3. The fourth-order valence-corrected chi connectivity index (χ4v) is 2.92. The Morgan fingerprint density at radius 2 is 2.24 bits per heavy atom. The van der Waals surface area contributed by atoms with Crippen molar-refractivity contribution in [3.63, 3.8) is 0 Å². The zero-order valence-corrected chi connectivity index (χ0v) is 11.8. The lowest BCUT2D eigenvalue weighted by Gasteiger charge is -2.26. The molecule has 5 nitrogen and oxygen atoms in total. The third kappa shape index (κ3) is 2.01. The van der Waals surface area contributed by atoms with Crippen LogP contribution in [0.4, 0.5) is 0 Å². The molecule has 2 aromatic heterocycles. The highest BCUT2D eigenvalue weighted by atomic mass is 16.2. The van der Waals surface area contributed by atoms with Gasteiger partial charge in [0.1, 0.15) is 5.69 Å². The van der Waals surface area contributed by atoms with Crippen molar-refractivity contribution < 1.29 is 4.79 Å². The fraction of sp³-hybridized carbons (Fsp3) is 0.250. The van der Waals surface area contributed by atoms with E-state index in [0.29, 0.717) is 12.2 Å². The summed E-state index contributed by atoms with van der Waals surface area (Å²) in [5, 5.41) is 8.11. The second-order valence-electron chi connectivity index (χ2n) is 5.62. The summed E-state index contributed by atoms with van der Waals surface area (Å²) >= 11 is 0. The number of hydrogen-bond donors (Lipinski definition) is 2. The van der Waals surface area contributed by atoms with Gasteiger partial charge in [0, 0.05) is 41.7 Å². The molecule has 0 saturated carbocycles. The van der Waals surface area contributed by atoms with E-state index < -0.39 is 0 Å². The van der Waals surface area contributed by atoms with E-state index in [4.69, 9.17) is 0 Å². The van der Waals surface area contributed by atoms with Crippen LogP contribution < -0.4 is 0 Å². The van der Waals surface area contributed by atoms with Gasteiger partial charge in [-0.3, -0.25) is 9.89 Å². The first-order valence-corrected chi connectivity index (χ1v) is 7.10. The molecule has 2 N–H and O–H groups in total. The van der Waals surface area contributed by atoms with Crippen LogP contribution in [0.15, 0.2) is 30.5 Å². The minimum absolute atomic E-state index is 0.0516. The molecule has 21 heavy (non-hydrogen) atoms. The number of carbonyl (C=O) groups excluding carboxylic acids is 1. The molecular weight excluding hydrogens is 264 g/mol. The number of nitrogens with zero attached hydrogens (tertiary/aromatic N) is 2. The van der Waals surface area contributed by atoms with Gasteiger partial charge in [-0.25, -0.2) is 0 Å². The average molecular weight is 280 g/mol. The molecule has 3 heterocycles. The van der Waals surface area contributed by atoms with E-state index in [-0.39, 0.29) is 5.91 Å². The summed E-state index contributed by atoms with van der Waals surface area (Å²) in [4.78, 5) is 17.8. The van der Waals surface area contributed by atoms with Crippen LogP contribution in [0.3, 0.4) is 0 Å². The van der Waals surface area contributed by atoms with Crippen LogP contribution in [-0.4, -0.2) is 32.5 Å². The third-order valence-corrected chi connectivity index (χ3v) is 4.10. The molecule has 0 spiro atoms. The van der Waals surface area contributed by atoms with Crippen molar-refractivity contribution in [3.05, 3.63) is 53.0 Å². The van der Waals surface area contributed by atoms with E-state index in [2.05, 4.69) is 27.3 Å². The van der Waals surface area contributed by atoms with Gasteiger partial charge >= 0.3 is 0 Å². The Kier molecular flexibility index (Phi) is 2.60. The van der Waals surface area contributed by atoms with Gasteiger partial charge in [-0.1, -0.05) is 12.1 Å². The molecule has 0 aliphatic carbocycles. The molecule has 1 amide bonds. The molecule has 0 bridgehead atoms. The molecule has 1 aromatic carbocycles. The minimum Gasteiger partial charge on any atom is -0.351 e. The van der Waals surface area contributed by atoms with Crippen LogP contribution in [0.1, 0.15) is 27.3 Å². The van der Waals surface area contributed by atoms with E-state index in [1.807, 2.05) is 30.2 Å². The number of nitrogens with one attached hydrogen (secondary N) is 2. The van der Waals surface area contributed by atoms with E-state index in [0.717, 1.165) is 35.1 Å². The second-order valence-corrected chi connectivity index (χ2v) is 5.62. The average Bonchev–Trinajstić information content (AvgIpc) is 3.11. The highest BCUT2D eigenvalue weighted by molar-refractivity contribution is 5.98. The number of carbonyl (C=O) groups is 1. The summed E-state index contributed by atoms with van der Waals surface area (Å²) in [7, 11) is 0. The van der Waals surface area contributed by atoms with E-state index in [1.165, 1.54) is 5.56 Å². The van der Waals surface area contributed by atoms with Crippen LogP contribution in [0.5, 0.6) is 0 Å². The van der Waals surface area contributed by atoms with Crippen LogP contribution in [0, 0.1) is 6.92 Å². The Hall–Kier alpha value is -2.56. The van der Waals surface area contributed by atoms with Gasteiger partial charge in [0.2, 0.25) is 0 Å². The quantitative estimate of drug-likeness (QED) is 0.719. The molecule has 1 aliphatic rings. The van der Waals surface area contributed by atoms with E-state index in [9.17, 15) is 4.79 Å². The van der Waals surface area contributed by atoms with Gasteiger partial charge in [0.15, 0.2) is 0 Å². The molecule has 106 valence electrons. The Morgan fingerprint density at radius 3 is 3.14 bits per heavy atom. The van der Waals surface area contributed by atoms with Gasteiger partial charge in [0.25, 0.3) is 5.91 Å². The van der Waals surface area contributed by atoms with Crippen molar-refractivity contribution in [1.82, 2.24) is 20.1 Å². The smallest absolute Gasteiger partial charge is 0.270 e. The standard InChI is InChI=1S/C16H16N4O/c1-10-2-3-11-7-15(18-14(11)6-10)16(21)20-5-4-13-12(9-20)8-17-19-13/h2-3,6-8,18H,4-5,9H2,1H3,(H,17,19). The largest absolute Gasteiger partial charge is 0.351 e. The number of aryl methyl sites for hydroxylation is 1. The van der Waals surface area contributed by atoms with Crippen molar-refractivity contribution in [2.45, 2.75) is 19.9 Å². The summed E-state index contributed by atoms with van der Waals surface area (Å²) in [6, 6.07) is 8.10. The first-order chi connectivity index (χ1) is 10.2. The highest BCUT2D eigenvalue weighted by Gasteiger charge is 2.23. The molecule has 5 heteroatoms. The molecule has 0 atom stereocenters.